The van der Waals surface area contributed by atoms with Gasteiger partial charge in [0, 0.05) is 23.6 Å². The standard InChI is InChI=1S/C33H30N2O4/c1-21(2)24-11-14-27(15-12-24)35-30(26-10-7-17-34-19-26)29(32(37)33(35)38)31(36)25-13-16-28(22(3)18-25)39-20-23-8-5-4-6-9-23/h4-19,21,30,36H,20H2,1-3H3/b31-29-. The van der Waals surface area contributed by atoms with Gasteiger partial charge in [0.1, 0.15) is 18.1 Å². The molecule has 2 heterocycles. The molecule has 4 aromatic rings. The Labute approximate surface area is 228 Å². The molecular weight excluding hydrogens is 488 g/mol. The van der Waals surface area contributed by atoms with Crippen molar-refractivity contribution in [1.82, 2.24) is 4.98 Å². The van der Waals surface area contributed by atoms with E-state index in [0.717, 1.165) is 16.7 Å². The maximum Gasteiger partial charge on any atom is 0.300 e. The molecule has 1 amide bonds. The summed E-state index contributed by atoms with van der Waals surface area (Å²) in [6, 6.07) is 25.4. The minimum Gasteiger partial charge on any atom is -0.507 e. The molecule has 6 heteroatoms. The van der Waals surface area contributed by atoms with Gasteiger partial charge in [-0.05, 0) is 71.5 Å². The Balaban J connectivity index is 1.53. The molecule has 0 spiro atoms. The van der Waals surface area contributed by atoms with E-state index in [1.54, 1.807) is 42.7 Å². The molecule has 3 aromatic carbocycles. The summed E-state index contributed by atoms with van der Waals surface area (Å²) < 4.78 is 5.98. The third-order valence-electron chi connectivity index (χ3n) is 6.97. The van der Waals surface area contributed by atoms with Crippen LogP contribution in [0, 0.1) is 6.92 Å². The molecule has 0 radical (unpaired) electrons. The maximum absolute atomic E-state index is 13.4. The first kappa shape index (κ1) is 25.9. The van der Waals surface area contributed by atoms with Gasteiger partial charge in [-0.1, -0.05) is 62.4 Å². The van der Waals surface area contributed by atoms with E-state index in [4.69, 9.17) is 4.74 Å². The highest BCUT2D eigenvalue weighted by molar-refractivity contribution is 6.51. The van der Waals surface area contributed by atoms with Crippen molar-refractivity contribution in [1.29, 1.82) is 0 Å². The molecule has 6 nitrogen and oxygen atoms in total. The Hall–Kier alpha value is -4.71. The predicted octanol–water partition coefficient (Wildman–Crippen LogP) is 6.72. The van der Waals surface area contributed by atoms with Gasteiger partial charge in [0.15, 0.2) is 0 Å². The third-order valence-corrected chi connectivity index (χ3v) is 6.97. The number of anilines is 1. The highest BCUT2D eigenvalue weighted by Crippen LogP contribution is 2.42. The van der Waals surface area contributed by atoms with Crippen molar-refractivity contribution in [2.45, 2.75) is 39.3 Å². The first-order valence-electron chi connectivity index (χ1n) is 12.9. The molecule has 1 atom stereocenters. The first-order valence-corrected chi connectivity index (χ1v) is 12.9. The number of benzene rings is 3. The van der Waals surface area contributed by atoms with Crippen LogP contribution in [0.3, 0.4) is 0 Å². The Bertz CT molecular complexity index is 1530. The fraction of sp³-hybridized carbons (Fsp3) is 0.182. The number of aryl methyl sites for hydroxylation is 1. The van der Waals surface area contributed by atoms with Gasteiger partial charge in [-0.15, -0.1) is 0 Å². The second-order valence-corrected chi connectivity index (χ2v) is 9.96. The zero-order valence-electron chi connectivity index (χ0n) is 22.2. The summed E-state index contributed by atoms with van der Waals surface area (Å²) in [6.07, 6.45) is 3.25. The van der Waals surface area contributed by atoms with Gasteiger partial charge in [-0.2, -0.15) is 0 Å². The number of ketones is 1. The van der Waals surface area contributed by atoms with Gasteiger partial charge < -0.3 is 9.84 Å². The number of amides is 1. The molecule has 0 aliphatic carbocycles. The minimum absolute atomic E-state index is 0.0262. The average molecular weight is 519 g/mol. The molecule has 0 bridgehead atoms. The summed E-state index contributed by atoms with van der Waals surface area (Å²) in [4.78, 5) is 32.5. The van der Waals surface area contributed by atoms with E-state index in [9.17, 15) is 14.7 Å². The number of aliphatic hydroxyl groups excluding tert-OH is 1. The van der Waals surface area contributed by atoms with Crippen LogP contribution in [0.5, 0.6) is 5.75 Å². The average Bonchev–Trinajstić information content (AvgIpc) is 3.23. The zero-order chi connectivity index (χ0) is 27.5. The SMILES string of the molecule is Cc1cc(/C(O)=C2/C(=O)C(=O)N(c3ccc(C(C)C)cc3)C2c2cccnc2)ccc1OCc1ccccc1. The van der Waals surface area contributed by atoms with Crippen molar-refractivity contribution in [3.63, 3.8) is 0 Å². The number of aromatic nitrogens is 1. The van der Waals surface area contributed by atoms with Crippen molar-refractivity contribution < 1.29 is 19.4 Å². The quantitative estimate of drug-likeness (QED) is 0.167. The number of nitrogens with zero attached hydrogens (tertiary/aromatic N) is 2. The number of hydrogen-bond donors (Lipinski definition) is 1. The van der Waals surface area contributed by atoms with Gasteiger partial charge in [0.05, 0.1) is 11.6 Å². The Kier molecular flexibility index (Phi) is 7.28. The highest BCUT2D eigenvalue weighted by Gasteiger charge is 2.47. The number of ether oxygens (including phenoxy) is 1. The second kappa shape index (κ2) is 11.0. The van der Waals surface area contributed by atoms with E-state index in [2.05, 4.69) is 18.8 Å². The molecule has 1 unspecified atom stereocenters. The summed E-state index contributed by atoms with van der Waals surface area (Å²) in [5.41, 5.74) is 4.63. The fourth-order valence-corrected chi connectivity index (χ4v) is 4.82. The minimum atomic E-state index is -0.821. The summed E-state index contributed by atoms with van der Waals surface area (Å²) >= 11 is 0. The Morgan fingerprint density at radius 3 is 2.36 bits per heavy atom. The van der Waals surface area contributed by atoms with Gasteiger partial charge in [-0.3, -0.25) is 19.5 Å². The lowest BCUT2D eigenvalue weighted by Crippen LogP contribution is -2.29. The molecule has 1 aliphatic rings. The van der Waals surface area contributed by atoms with Crippen molar-refractivity contribution >= 4 is 23.1 Å². The largest absolute Gasteiger partial charge is 0.507 e. The number of carbonyl (C=O) groups is 2. The van der Waals surface area contributed by atoms with Gasteiger partial charge in [0.25, 0.3) is 11.7 Å². The number of pyridine rings is 1. The van der Waals surface area contributed by atoms with Crippen molar-refractivity contribution in [2.75, 3.05) is 4.90 Å². The van der Waals surface area contributed by atoms with Crippen LogP contribution in [0.1, 0.15) is 53.6 Å². The molecule has 5 rings (SSSR count). The zero-order valence-corrected chi connectivity index (χ0v) is 22.2. The van der Waals surface area contributed by atoms with Crippen molar-refractivity contribution in [2.24, 2.45) is 0 Å². The smallest absolute Gasteiger partial charge is 0.300 e. The lowest BCUT2D eigenvalue weighted by Gasteiger charge is -2.25. The molecule has 1 saturated heterocycles. The number of Topliss-reactive ketones (excluding diaryl/α,β-unsaturated/α-hetero) is 1. The van der Waals surface area contributed by atoms with E-state index in [1.165, 1.54) is 4.90 Å². The fourth-order valence-electron chi connectivity index (χ4n) is 4.82. The van der Waals surface area contributed by atoms with Gasteiger partial charge >= 0.3 is 0 Å². The lowest BCUT2D eigenvalue weighted by molar-refractivity contribution is -0.132. The molecular formula is C33H30N2O4. The molecule has 0 saturated carbocycles. The van der Waals surface area contributed by atoms with Crippen LogP contribution < -0.4 is 9.64 Å². The normalized spacial score (nSPS) is 16.6. The topological polar surface area (TPSA) is 79.7 Å². The molecule has 39 heavy (non-hydrogen) atoms. The number of carbonyl (C=O) groups excluding carboxylic acids is 2. The van der Waals surface area contributed by atoms with E-state index >= 15 is 0 Å². The Morgan fingerprint density at radius 1 is 0.974 bits per heavy atom. The lowest BCUT2D eigenvalue weighted by atomic mass is 9.95. The van der Waals surface area contributed by atoms with Crippen LogP contribution in [-0.2, 0) is 16.2 Å². The summed E-state index contributed by atoms with van der Waals surface area (Å²) in [7, 11) is 0. The molecule has 1 N–H and O–H groups in total. The van der Waals surface area contributed by atoms with E-state index in [1.807, 2.05) is 61.5 Å². The van der Waals surface area contributed by atoms with Gasteiger partial charge in [0.2, 0.25) is 0 Å². The van der Waals surface area contributed by atoms with Crippen LogP contribution in [0.25, 0.3) is 5.76 Å². The number of rotatable bonds is 7. The van der Waals surface area contributed by atoms with Crippen LogP contribution in [0.4, 0.5) is 5.69 Å². The summed E-state index contributed by atoms with van der Waals surface area (Å²) in [5.74, 6) is -0.670. The molecule has 1 aliphatic heterocycles. The second-order valence-electron chi connectivity index (χ2n) is 9.96. The summed E-state index contributed by atoms with van der Waals surface area (Å²) in [5, 5.41) is 11.5. The Morgan fingerprint density at radius 2 is 1.72 bits per heavy atom. The summed E-state index contributed by atoms with van der Waals surface area (Å²) in [6.45, 7) is 6.48. The molecule has 196 valence electrons. The number of hydrogen-bond acceptors (Lipinski definition) is 5. The first-order chi connectivity index (χ1) is 18.8. The third kappa shape index (κ3) is 5.18. The van der Waals surface area contributed by atoms with E-state index in [0.29, 0.717) is 35.1 Å². The van der Waals surface area contributed by atoms with E-state index in [-0.39, 0.29) is 11.3 Å². The maximum atomic E-state index is 13.4. The predicted molar refractivity (Wildman–Crippen MR) is 152 cm³/mol. The highest BCUT2D eigenvalue weighted by atomic mass is 16.5. The molecule has 1 fully saturated rings. The van der Waals surface area contributed by atoms with Crippen molar-refractivity contribution in [3.8, 4) is 5.75 Å². The number of aliphatic hydroxyl groups is 1. The van der Waals surface area contributed by atoms with Crippen LogP contribution in [-0.4, -0.2) is 21.8 Å². The van der Waals surface area contributed by atoms with Gasteiger partial charge in [-0.25, -0.2) is 0 Å². The van der Waals surface area contributed by atoms with Crippen LogP contribution in [0.15, 0.2) is 103 Å². The monoisotopic (exact) mass is 518 g/mol. The van der Waals surface area contributed by atoms with Crippen molar-refractivity contribution in [3.05, 3.63) is 131 Å². The van der Waals surface area contributed by atoms with Crippen LogP contribution >= 0.6 is 0 Å². The molecule has 1 aromatic heterocycles. The van der Waals surface area contributed by atoms with E-state index < -0.39 is 17.7 Å². The van der Waals surface area contributed by atoms with Crippen LogP contribution in [0.2, 0.25) is 0 Å².